The lowest BCUT2D eigenvalue weighted by atomic mass is 9.95. The van der Waals surface area contributed by atoms with E-state index in [0.717, 1.165) is 11.1 Å². The van der Waals surface area contributed by atoms with Crippen LogP contribution in [0.4, 0.5) is 4.79 Å². The largest absolute Gasteiger partial charge is 0.468 e. The molecular formula is C24H37N3O6. The Morgan fingerprint density at radius 2 is 1.67 bits per heavy atom. The molecule has 0 aliphatic carbocycles. The Bertz CT molecular complexity index is 875. The van der Waals surface area contributed by atoms with Crippen LogP contribution in [0.1, 0.15) is 64.3 Å². The number of nitrogens with one attached hydrogen (secondary N) is 2. The molecule has 0 saturated heterocycles. The van der Waals surface area contributed by atoms with Gasteiger partial charge in [0.2, 0.25) is 11.8 Å². The third-order valence-corrected chi connectivity index (χ3v) is 4.80. The standard InChI is InChI=1S/C24H37N3O6/c1-14(2)27(22(30)17(5)26-23(31)33-24(6,7)8)20(21(29)25-13-19(28)32-9)18-12-15(3)10-11-16(18)4/h10-12,14,17,20H,13H2,1-9H3,(H,25,29)(H,26,31). The molecule has 0 aliphatic rings. The molecule has 9 heteroatoms. The zero-order valence-electron chi connectivity index (χ0n) is 21.1. The highest BCUT2D eigenvalue weighted by Crippen LogP contribution is 2.28. The maximum atomic E-state index is 13.5. The molecular weight excluding hydrogens is 426 g/mol. The Labute approximate surface area is 196 Å². The molecule has 0 radical (unpaired) electrons. The fourth-order valence-corrected chi connectivity index (χ4v) is 3.25. The number of alkyl carbamates (subject to hydrolysis) is 1. The Balaban J connectivity index is 3.36. The molecule has 0 spiro atoms. The van der Waals surface area contributed by atoms with Gasteiger partial charge in [0.15, 0.2) is 0 Å². The number of esters is 1. The summed E-state index contributed by atoms with van der Waals surface area (Å²) in [4.78, 5) is 52.0. The second-order valence-electron chi connectivity index (χ2n) is 9.26. The third-order valence-electron chi connectivity index (χ3n) is 4.80. The first kappa shape index (κ1) is 27.9. The Hall–Kier alpha value is -3.10. The van der Waals surface area contributed by atoms with E-state index in [-0.39, 0.29) is 6.54 Å². The fraction of sp³-hybridized carbons (Fsp3) is 0.583. The lowest BCUT2D eigenvalue weighted by Gasteiger charge is -2.37. The van der Waals surface area contributed by atoms with Crippen molar-refractivity contribution in [3.63, 3.8) is 0 Å². The van der Waals surface area contributed by atoms with Crippen LogP contribution in [0.25, 0.3) is 0 Å². The molecule has 0 fully saturated rings. The molecule has 0 saturated carbocycles. The van der Waals surface area contributed by atoms with Gasteiger partial charge in [0, 0.05) is 6.04 Å². The van der Waals surface area contributed by atoms with Gasteiger partial charge < -0.3 is 25.0 Å². The zero-order valence-corrected chi connectivity index (χ0v) is 21.1. The van der Waals surface area contributed by atoms with Crippen molar-refractivity contribution in [1.29, 1.82) is 0 Å². The van der Waals surface area contributed by atoms with Gasteiger partial charge >= 0.3 is 12.1 Å². The first-order chi connectivity index (χ1) is 15.2. The Kier molecular flexibility index (Phi) is 9.88. The van der Waals surface area contributed by atoms with Gasteiger partial charge in [-0.1, -0.05) is 23.8 Å². The van der Waals surface area contributed by atoms with E-state index < -0.39 is 47.6 Å². The van der Waals surface area contributed by atoms with E-state index in [0.29, 0.717) is 5.56 Å². The molecule has 0 heterocycles. The molecule has 2 N–H and O–H groups in total. The summed E-state index contributed by atoms with van der Waals surface area (Å²) in [6.45, 7) is 13.7. The first-order valence-electron chi connectivity index (χ1n) is 10.9. The van der Waals surface area contributed by atoms with Crippen LogP contribution in [0.2, 0.25) is 0 Å². The van der Waals surface area contributed by atoms with Crippen molar-refractivity contribution in [1.82, 2.24) is 15.5 Å². The highest BCUT2D eigenvalue weighted by Gasteiger charge is 2.37. The van der Waals surface area contributed by atoms with Gasteiger partial charge in [0.05, 0.1) is 7.11 Å². The van der Waals surface area contributed by atoms with Crippen LogP contribution in [-0.4, -0.2) is 60.1 Å². The van der Waals surface area contributed by atoms with Gasteiger partial charge in [-0.2, -0.15) is 0 Å². The Morgan fingerprint density at radius 3 is 2.18 bits per heavy atom. The smallest absolute Gasteiger partial charge is 0.408 e. The van der Waals surface area contributed by atoms with E-state index in [4.69, 9.17) is 4.74 Å². The van der Waals surface area contributed by atoms with E-state index in [2.05, 4.69) is 15.4 Å². The average molecular weight is 464 g/mol. The molecule has 9 nitrogen and oxygen atoms in total. The first-order valence-corrected chi connectivity index (χ1v) is 10.9. The molecule has 0 aliphatic heterocycles. The van der Waals surface area contributed by atoms with Crippen LogP contribution in [0, 0.1) is 13.8 Å². The van der Waals surface area contributed by atoms with Crippen molar-refractivity contribution in [2.75, 3.05) is 13.7 Å². The summed E-state index contributed by atoms with van der Waals surface area (Å²) >= 11 is 0. The van der Waals surface area contributed by atoms with E-state index in [1.54, 1.807) is 34.6 Å². The summed E-state index contributed by atoms with van der Waals surface area (Å²) in [5.74, 6) is -1.60. The second-order valence-corrected chi connectivity index (χ2v) is 9.26. The molecule has 1 aromatic rings. The minimum atomic E-state index is -1.02. The summed E-state index contributed by atoms with van der Waals surface area (Å²) in [6.07, 6.45) is -0.731. The molecule has 33 heavy (non-hydrogen) atoms. The van der Waals surface area contributed by atoms with Crippen molar-refractivity contribution in [2.24, 2.45) is 0 Å². The van der Waals surface area contributed by atoms with Crippen LogP contribution in [0.3, 0.4) is 0 Å². The number of carbonyl (C=O) groups excluding carboxylic acids is 4. The topological polar surface area (TPSA) is 114 Å². The van der Waals surface area contributed by atoms with Crippen molar-refractivity contribution in [2.45, 2.75) is 79.1 Å². The maximum absolute atomic E-state index is 13.5. The molecule has 0 bridgehead atoms. The van der Waals surface area contributed by atoms with Crippen molar-refractivity contribution >= 4 is 23.9 Å². The second kappa shape index (κ2) is 11.7. The fourth-order valence-electron chi connectivity index (χ4n) is 3.25. The predicted octanol–water partition coefficient (Wildman–Crippen LogP) is 2.78. The van der Waals surface area contributed by atoms with E-state index in [1.807, 2.05) is 32.0 Å². The number of amides is 3. The highest BCUT2D eigenvalue weighted by atomic mass is 16.6. The molecule has 2 atom stereocenters. The number of rotatable bonds is 8. The predicted molar refractivity (Wildman–Crippen MR) is 124 cm³/mol. The monoisotopic (exact) mass is 463 g/mol. The average Bonchev–Trinajstić information content (AvgIpc) is 2.69. The van der Waals surface area contributed by atoms with E-state index in [9.17, 15) is 19.2 Å². The van der Waals surface area contributed by atoms with Gasteiger partial charge in [0.25, 0.3) is 0 Å². The lowest BCUT2D eigenvalue weighted by molar-refractivity contribution is -0.146. The number of ether oxygens (including phenoxy) is 2. The summed E-state index contributed by atoms with van der Waals surface area (Å²) in [5.41, 5.74) is 1.63. The van der Waals surface area contributed by atoms with Crippen molar-refractivity contribution in [3.8, 4) is 0 Å². The van der Waals surface area contributed by atoms with Gasteiger partial charge in [0.1, 0.15) is 24.2 Å². The summed E-state index contributed by atoms with van der Waals surface area (Å²) in [7, 11) is 1.23. The van der Waals surface area contributed by atoms with Crippen LogP contribution < -0.4 is 10.6 Å². The maximum Gasteiger partial charge on any atom is 0.408 e. The lowest BCUT2D eigenvalue weighted by Crippen LogP contribution is -2.54. The van der Waals surface area contributed by atoms with Gasteiger partial charge in [-0.3, -0.25) is 14.4 Å². The zero-order chi connectivity index (χ0) is 25.5. The van der Waals surface area contributed by atoms with Gasteiger partial charge in [-0.25, -0.2) is 4.79 Å². The highest BCUT2D eigenvalue weighted by molar-refractivity contribution is 5.93. The quantitative estimate of drug-likeness (QED) is 0.573. The summed E-state index contributed by atoms with van der Waals surface area (Å²) in [5, 5.41) is 5.10. The molecule has 1 aromatic carbocycles. The Morgan fingerprint density at radius 1 is 1.06 bits per heavy atom. The third kappa shape index (κ3) is 8.40. The number of nitrogens with zero attached hydrogens (tertiary/aromatic N) is 1. The van der Waals surface area contributed by atoms with Crippen molar-refractivity contribution in [3.05, 3.63) is 34.9 Å². The number of hydrogen-bond donors (Lipinski definition) is 2. The minimum absolute atomic E-state index is 0.331. The minimum Gasteiger partial charge on any atom is -0.468 e. The molecule has 184 valence electrons. The normalized spacial score (nSPS) is 13.0. The summed E-state index contributed by atoms with van der Waals surface area (Å²) in [6, 6.07) is 3.25. The van der Waals surface area contributed by atoms with Crippen molar-refractivity contribution < 1.29 is 28.7 Å². The van der Waals surface area contributed by atoms with E-state index >= 15 is 0 Å². The number of hydrogen-bond acceptors (Lipinski definition) is 6. The number of aryl methyl sites for hydroxylation is 2. The number of methoxy groups -OCH3 is 1. The van der Waals surface area contributed by atoms with Crippen LogP contribution >= 0.6 is 0 Å². The number of carbonyl (C=O) groups is 4. The SMILES string of the molecule is COC(=O)CNC(=O)C(c1cc(C)ccc1C)N(C(=O)C(C)NC(=O)OC(C)(C)C)C(C)C. The summed E-state index contributed by atoms with van der Waals surface area (Å²) < 4.78 is 9.86. The molecule has 0 aromatic heterocycles. The molecule has 1 rings (SSSR count). The van der Waals surface area contributed by atoms with Gasteiger partial charge in [-0.15, -0.1) is 0 Å². The van der Waals surface area contributed by atoms with E-state index in [1.165, 1.54) is 18.9 Å². The number of benzene rings is 1. The van der Waals surface area contributed by atoms with Crippen LogP contribution in [-0.2, 0) is 23.9 Å². The molecule has 3 amide bonds. The molecule has 2 unspecified atom stereocenters. The van der Waals surface area contributed by atoms with Gasteiger partial charge in [-0.05, 0) is 66.5 Å². The van der Waals surface area contributed by atoms with Crippen LogP contribution in [0.5, 0.6) is 0 Å². The van der Waals surface area contributed by atoms with Crippen LogP contribution in [0.15, 0.2) is 18.2 Å².